The van der Waals surface area contributed by atoms with E-state index in [0.29, 0.717) is 19.1 Å². The molecular formula is C23H32N4O3Si. The normalized spacial score (nSPS) is 11.5. The number of hydrogen-bond donors (Lipinski definition) is 2. The summed E-state index contributed by atoms with van der Waals surface area (Å²) in [6.45, 7) is 10.5. The molecule has 0 aliphatic rings. The highest BCUT2D eigenvalue weighted by Crippen LogP contribution is 2.36. The number of amides is 2. The van der Waals surface area contributed by atoms with Gasteiger partial charge in [0.25, 0.3) is 0 Å². The van der Waals surface area contributed by atoms with E-state index in [1.54, 1.807) is 7.11 Å². The number of nitrogens with one attached hydrogen (secondary N) is 2. The molecule has 3 rings (SSSR count). The zero-order valence-corrected chi connectivity index (χ0v) is 20.0. The van der Waals surface area contributed by atoms with Gasteiger partial charge in [0.05, 0.1) is 7.11 Å². The molecule has 0 radical (unpaired) electrons. The summed E-state index contributed by atoms with van der Waals surface area (Å²) < 4.78 is 13.6. The molecule has 1 aromatic carbocycles. The van der Waals surface area contributed by atoms with Gasteiger partial charge in [-0.25, -0.2) is 9.78 Å². The Morgan fingerprint density at radius 3 is 2.61 bits per heavy atom. The Kier molecular flexibility index (Phi) is 7.35. The summed E-state index contributed by atoms with van der Waals surface area (Å²) in [5, 5.41) is 6.48. The summed E-state index contributed by atoms with van der Waals surface area (Å²) in [5.74, 6) is 1.29. The average molecular weight is 441 g/mol. The molecule has 0 aliphatic heterocycles. The van der Waals surface area contributed by atoms with Gasteiger partial charge in [-0.3, -0.25) is 5.32 Å². The van der Waals surface area contributed by atoms with Gasteiger partial charge in [-0.1, -0.05) is 37.8 Å². The standard InChI is InChI=1S/C23H32N4O3Si/c1-6-24-23(28)26-21-12-11-18-19(17-9-7-8-10-20(17)29-2)15-27(22(18)25-21)16-30-13-14-31(3,4)5/h7-12,15H,6,13-14,16H2,1-5H3,(H2,24,25,26,28). The van der Waals surface area contributed by atoms with Gasteiger partial charge in [0.2, 0.25) is 0 Å². The number of para-hydroxylation sites is 1. The number of nitrogens with zero attached hydrogens (tertiary/aromatic N) is 2. The molecule has 0 atom stereocenters. The van der Waals surface area contributed by atoms with Crippen molar-refractivity contribution in [3.63, 3.8) is 0 Å². The van der Waals surface area contributed by atoms with Gasteiger partial charge >= 0.3 is 6.03 Å². The number of pyridine rings is 1. The van der Waals surface area contributed by atoms with Crippen molar-refractivity contribution < 1.29 is 14.3 Å². The summed E-state index contributed by atoms with van der Waals surface area (Å²) in [4.78, 5) is 16.6. The van der Waals surface area contributed by atoms with Gasteiger partial charge in [0.15, 0.2) is 0 Å². The zero-order valence-electron chi connectivity index (χ0n) is 19.0. The number of aromatic nitrogens is 2. The first kappa shape index (κ1) is 22.8. The van der Waals surface area contributed by atoms with E-state index in [1.165, 1.54) is 0 Å². The molecule has 2 aromatic heterocycles. The van der Waals surface area contributed by atoms with Crippen LogP contribution in [0.15, 0.2) is 42.6 Å². The summed E-state index contributed by atoms with van der Waals surface area (Å²) in [7, 11) is 0.506. The Labute approximate surface area is 184 Å². The largest absolute Gasteiger partial charge is 0.496 e. The average Bonchev–Trinajstić information content (AvgIpc) is 3.08. The maximum Gasteiger partial charge on any atom is 0.320 e. The number of hydrogen-bond acceptors (Lipinski definition) is 4. The lowest BCUT2D eigenvalue weighted by Gasteiger charge is -2.15. The number of methoxy groups -OCH3 is 1. The molecule has 0 spiro atoms. The van der Waals surface area contributed by atoms with Crippen molar-refractivity contribution in [1.82, 2.24) is 14.9 Å². The highest BCUT2D eigenvalue weighted by Gasteiger charge is 2.17. The van der Waals surface area contributed by atoms with Crippen LogP contribution in [0.5, 0.6) is 5.75 Å². The maximum absolute atomic E-state index is 11.9. The van der Waals surface area contributed by atoms with E-state index >= 15 is 0 Å². The fraction of sp³-hybridized carbons (Fsp3) is 0.391. The third-order valence-electron chi connectivity index (χ3n) is 4.93. The summed E-state index contributed by atoms with van der Waals surface area (Å²) >= 11 is 0. The number of ether oxygens (including phenoxy) is 2. The lowest BCUT2D eigenvalue weighted by Crippen LogP contribution is -2.28. The summed E-state index contributed by atoms with van der Waals surface area (Å²) in [6.07, 6.45) is 2.04. The quantitative estimate of drug-likeness (QED) is 0.356. The van der Waals surface area contributed by atoms with Crippen molar-refractivity contribution in [3.05, 3.63) is 42.6 Å². The van der Waals surface area contributed by atoms with Crippen molar-refractivity contribution in [2.75, 3.05) is 25.6 Å². The molecule has 0 bridgehead atoms. The van der Waals surface area contributed by atoms with Gasteiger partial charge in [-0.2, -0.15) is 0 Å². The molecule has 0 fully saturated rings. The number of anilines is 1. The van der Waals surface area contributed by atoms with Crippen LogP contribution in [-0.4, -0.2) is 43.9 Å². The third kappa shape index (κ3) is 5.86. The number of carbonyl (C=O) groups excluding carboxylic acids is 1. The van der Waals surface area contributed by atoms with Crippen molar-refractivity contribution in [2.24, 2.45) is 0 Å². The monoisotopic (exact) mass is 440 g/mol. The number of carbonyl (C=O) groups is 1. The van der Waals surface area contributed by atoms with E-state index in [4.69, 9.17) is 14.5 Å². The number of benzene rings is 1. The molecule has 0 saturated heterocycles. The van der Waals surface area contributed by atoms with Crippen LogP contribution in [-0.2, 0) is 11.5 Å². The molecule has 2 amide bonds. The van der Waals surface area contributed by atoms with Gasteiger partial charge in [0, 0.05) is 43.9 Å². The van der Waals surface area contributed by atoms with E-state index < -0.39 is 8.07 Å². The van der Waals surface area contributed by atoms with Crippen molar-refractivity contribution in [1.29, 1.82) is 0 Å². The van der Waals surface area contributed by atoms with Gasteiger partial charge in [-0.05, 0) is 31.2 Å². The number of urea groups is 1. The lowest BCUT2D eigenvalue weighted by molar-refractivity contribution is 0.0899. The smallest absolute Gasteiger partial charge is 0.320 e. The van der Waals surface area contributed by atoms with Crippen LogP contribution in [0.3, 0.4) is 0 Å². The Balaban J connectivity index is 1.97. The van der Waals surface area contributed by atoms with E-state index in [0.717, 1.165) is 40.6 Å². The topological polar surface area (TPSA) is 77.4 Å². The van der Waals surface area contributed by atoms with Gasteiger partial charge in [0.1, 0.15) is 23.9 Å². The predicted molar refractivity (Wildman–Crippen MR) is 129 cm³/mol. The van der Waals surface area contributed by atoms with Crippen molar-refractivity contribution in [2.45, 2.75) is 39.3 Å². The third-order valence-corrected chi connectivity index (χ3v) is 6.63. The molecule has 0 aliphatic carbocycles. The Hall–Kier alpha value is -2.84. The highest BCUT2D eigenvalue weighted by molar-refractivity contribution is 6.76. The second-order valence-electron chi connectivity index (χ2n) is 8.61. The summed E-state index contributed by atoms with van der Waals surface area (Å²) in [6, 6.07) is 12.5. The van der Waals surface area contributed by atoms with Gasteiger partial charge in [-0.15, -0.1) is 0 Å². The van der Waals surface area contributed by atoms with Crippen LogP contribution in [0.1, 0.15) is 6.92 Å². The molecule has 8 heteroatoms. The SMILES string of the molecule is CCNC(=O)Nc1ccc2c(-c3ccccc3OC)cn(COCC[Si](C)(C)C)c2n1. The fourth-order valence-corrected chi connectivity index (χ4v) is 4.03. The van der Waals surface area contributed by atoms with Crippen LogP contribution in [0.4, 0.5) is 10.6 Å². The molecule has 2 heterocycles. The Morgan fingerprint density at radius 1 is 1.13 bits per heavy atom. The molecular weight excluding hydrogens is 408 g/mol. The van der Waals surface area contributed by atoms with Crippen LogP contribution < -0.4 is 15.4 Å². The van der Waals surface area contributed by atoms with Crippen LogP contribution in [0, 0.1) is 0 Å². The van der Waals surface area contributed by atoms with E-state index in [1.807, 2.05) is 54.1 Å². The zero-order chi connectivity index (χ0) is 22.4. The van der Waals surface area contributed by atoms with Crippen molar-refractivity contribution in [3.8, 4) is 16.9 Å². The first-order valence-electron chi connectivity index (χ1n) is 10.6. The fourth-order valence-electron chi connectivity index (χ4n) is 3.28. The molecule has 0 unspecified atom stereocenters. The second kappa shape index (κ2) is 9.98. The van der Waals surface area contributed by atoms with Gasteiger partial charge < -0.3 is 19.4 Å². The number of rotatable bonds is 9. The Morgan fingerprint density at radius 2 is 1.90 bits per heavy atom. The maximum atomic E-state index is 11.9. The van der Waals surface area contributed by atoms with Crippen LogP contribution in [0.2, 0.25) is 25.7 Å². The minimum atomic E-state index is -1.17. The minimum absolute atomic E-state index is 0.274. The number of fused-ring (bicyclic) bond motifs is 1. The van der Waals surface area contributed by atoms with E-state index in [-0.39, 0.29) is 6.03 Å². The second-order valence-corrected chi connectivity index (χ2v) is 14.2. The Bertz CT molecular complexity index is 1040. The molecule has 166 valence electrons. The van der Waals surface area contributed by atoms with Crippen molar-refractivity contribution >= 4 is 31.0 Å². The lowest BCUT2D eigenvalue weighted by atomic mass is 10.0. The van der Waals surface area contributed by atoms with Crippen LogP contribution >= 0.6 is 0 Å². The minimum Gasteiger partial charge on any atom is -0.496 e. The summed E-state index contributed by atoms with van der Waals surface area (Å²) in [5.41, 5.74) is 2.75. The first-order valence-corrected chi connectivity index (χ1v) is 14.3. The van der Waals surface area contributed by atoms with E-state index in [2.05, 4.69) is 30.3 Å². The molecule has 31 heavy (non-hydrogen) atoms. The molecule has 7 nitrogen and oxygen atoms in total. The molecule has 2 N–H and O–H groups in total. The van der Waals surface area contributed by atoms with Crippen LogP contribution in [0.25, 0.3) is 22.2 Å². The predicted octanol–water partition coefficient (Wildman–Crippen LogP) is 5.17. The molecule has 3 aromatic rings. The van der Waals surface area contributed by atoms with E-state index in [9.17, 15) is 4.79 Å². The molecule has 0 saturated carbocycles. The first-order chi connectivity index (χ1) is 14.8. The highest BCUT2D eigenvalue weighted by atomic mass is 28.3.